The van der Waals surface area contributed by atoms with Crippen LogP contribution in [-0.4, -0.2) is 31.9 Å². The number of carbonyl (C=O) groups excluding carboxylic acids is 1. The number of piperidine rings is 1. The number of nitrogens with zero attached hydrogens (tertiary/aromatic N) is 4. The zero-order valence-corrected chi connectivity index (χ0v) is 14.3. The number of benzene rings is 1. The highest BCUT2D eigenvalue weighted by atomic mass is 19.1. The van der Waals surface area contributed by atoms with Crippen molar-refractivity contribution in [1.82, 2.24) is 19.5 Å². The minimum Gasteiger partial charge on any atom is -0.365 e. The van der Waals surface area contributed by atoms with Crippen LogP contribution >= 0.6 is 0 Å². The first kappa shape index (κ1) is 16.7. The van der Waals surface area contributed by atoms with E-state index in [1.165, 1.54) is 18.3 Å². The highest BCUT2D eigenvalue weighted by Crippen LogP contribution is 2.32. The summed E-state index contributed by atoms with van der Waals surface area (Å²) in [6.45, 7) is 1.69. The van der Waals surface area contributed by atoms with E-state index in [1.807, 2.05) is 18.2 Å². The van der Waals surface area contributed by atoms with Crippen molar-refractivity contribution in [3.8, 4) is 0 Å². The number of amides is 1. The lowest BCUT2D eigenvalue weighted by Gasteiger charge is -2.36. The van der Waals surface area contributed by atoms with Gasteiger partial charge in [-0.1, -0.05) is 18.6 Å². The van der Waals surface area contributed by atoms with Crippen molar-refractivity contribution < 1.29 is 9.18 Å². The second kappa shape index (κ2) is 6.84. The predicted molar refractivity (Wildman–Crippen MR) is 94.9 cm³/mol. The number of rotatable bonds is 4. The fourth-order valence-corrected chi connectivity index (χ4v) is 3.68. The molecule has 1 fully saturated rings. The minimum absolute atomic E-state index is 0.153. The van der Waals surface area contributed by atoms with Crippen LogP contribution in [0.15, 0.2) is 42.7 Å². The molecule has 1 aliphatic heterocycles. The van der Waals surface area contributed by atoms with E-state index in [1.54, 1.807) is 10.7 Å². The van der Waals surface area contributed by atoms with Gasteiger partial charge in [-0.3, -0.25) is 9.69 Å². The number of carbonyl (C=O) groups is 1. The normalized spacial score (nSPS) is 18.3. The van der Waals surface area contributed by atoms with Crippen LogP contribution in [0.3, 0.4) is 0 Å². The Hall–Kier alpha value is -2.80. The van der Waals surface area contributed by atoms with Crippen LogP contribution in [0, 0.1) is 5.82 Å². The summed E-state index contributed by atoms with van der Waals surface area (Å²) in [5.41, 5.74) is 8.30. The van der Waals surface area contributed by atoms with E-state index < -0.39 is 5.91 Å². The van der Waals surface area contributed by atoms with Crippen molar-refractivity contribution in [2.45, 2.75) is 31.8 Å². The molecule has 7 heteroatoms. The summed E-state index contributed by atoms with van der Waals surface area (Å²) >= 11 is 0. The number of hydrogen-bond donors (Lipinski definition) is 1. The molecule has 6 nitrogen and oxygen atoms in total. The van der Waals surface area contributed by atoms with Gasteiger partial charge in [-0.25, -0.2) is 13.9 Å². The van der Waals surface area contributed by atoms with Crippen molar-refractivity contribution in [2.75, 3.05) is 6.54 Å². The molecule has 0 saturated carbocycles. The molecule has 4 rings (SSSR count). The fraction of sp³-hybridized carbons (Fsp3) is 0.316. The van der Waals surface area contributed by atoms with Gasteiger partial charge in [0.2, 0.25) is 0 Å². The Morgan fingerprint density at radius 1 is 1.23 bits per heavy atom. The SMILES string of the molecule is NC(=O)c1cnn2c([C@@H]3CCCCN3Cc3ccc(F)cc3)ccnc12. The first-order chi connectivity index (χ1) is 12.6. The number of primary amides is 1. The lowest BCUT2D eigenvalue weighted by atomic mass is 9.98. The van der Waals surface area contributed by atoms with Crippen molar-refractivity contribution in [3.05, 3.63) is 65.4 Å². The molecule has 1 aliphatic rings. The maximum atomic E-state index is 13.2. The number of halogens is 1. The summed E-state index contributed by atoms with van der Waals surface area (Å²) < 4.78 is 14.9. The van der Waals surface area contributed by atoms with Gasteiger partial charge in [-0.2, -0.15) is 5.10 Å². The van der Waals surface area contributed by atoms with Crippen molar-refractivity contribution in [1.29, 1.82) is 0 Å². The van der Waals surface area contributed by atoms with E-state index in [4.69, 9.17) is 5.73 Å². The molecule has 134 valence electrons. The Morgan fingerprint density at radius 2 is 2.04 bits per heavy atom. The van der Waals surface area contributed by atoms with Gasteiger partial charge in [-0.05, 0) is 43.1 Å². The molecule has 3 heterocycles. The van der Waals surface area contributed by atoms with Crippen LogP contribution in [-0.2, 0) is 6.54 Å². The summed E-state index contributed by atoms with van der Waals surface area (Å²) in [6.07, 6.45) is 6.41. The van der Waals surface area contributed by atoms with Crippen LogP contribution in [0.4, 0.5) is 4.39 Å². The number of fused-ring (bicyclic) bond motifs is 1. The first-order valence-electron chi connectivity index (χ1n) is 8.74. The third-order valence-corrected chi connectivity index (χ3v) is 4.95. The maximum Gasteiger partial charge on any atom is 0.254 e. The summed E-state index contributed by atoms with van der Waals surface area (Å²) in [7, 11) is 0. The van der Waals surface area contributed by atoms with Gasteiger partial charge in [-0.15, -0.1) is 0 Å². The molecule has 0 spiro atoms. The van der Waals surface area contributed by atoms with E-state index in [0.717, 1.165) is 43.6 Å². The molecule has 1 saturated heterocycles. The third-order valence-electron chi connectivity index (χ3n) is 4.95. The number of nitrogens with two attached hydrogens (primary N) is 1. The van der Waals surface area contributed by atoms with Gasteiger partial charge < -0.3 is 5.73 Å². The van der Waals surface area contributed by atoms with Crippen LogP contribution in [0.25, 0.3) is 5.65 Å². The Labute approximate surface area is 150 Å². The minimum atomic E-state index is -0.531. The largest absolute Gasteiger partial charge is 0.365 e. The maximum absolute atomic E-state index is 13.2. The van der Waals surface area contributed by atoms with E-state index in [0.29, 0.717) is 11.2 Å². The molecular formula is C19H20FN5O. The Morgan fingerprint density at radius 3 is 2.81 bits per heavy atom. The first-order valence-corrected chi connectivity index (χ1v) is 8.74. The average Bonchev–Trinajstić information content (AvgIpc) is 3.09. The standard InChI is InChI=1S/C19H20FN5O/c20-14-6-4-13(5-7-14)12-24-10-2-1-3-16(24)17-8-9-22-19-15(18(21)26)11-23-25(17)19/h4-9,11,16H,1-3,10,12H2,(H2,21,26)/t16-/m0/s1. The number of hydrogen-bond acceptors (Lipinski definition) is 4. The van der Waals surface area contributed by atoms with Crippen LogP contribution in [0.2, 0.25) is 0 Å². The molecule has 1 atom stereocenters. The van der Waals surface area contributed by atoms with Crippen LogP contribution < -0.4 is 5.73 Å². The third kappa shape index (κ3) is 3.06. The Bertz CT molecular complexity index is 937. The van der Waals surface area contributed by atoms with E-state index in [-0.39, 0.29) is 11.9 Å². The average molecular weight is 353 g/mol. The zero-order chi connectivity index (χ0) is 18.1. The summed E-state index contributed by atoms with van der Waals surface area (Å²) in [5, 5.41) is 4.35. The van der Waals surface area contributed by atoms with E-state index in [9.17, 15) is 9.18 Å². The predicted octanol–water partition coefficient (Wildman–Crippen LogP) is 2.69. The van der Waals surface area contributed by atoms with Crippen LogP contribution in [0.5, 0.6) is 0 Å². The summed E-state index contributed by atoms with van der Waals surface area (Å²) in [6, 6.07) is 8.72. The van der Waals surface area contributed by atoms with Crippen molar-refractivity contribution in [2.24, 2.45) is 5.73 Å². The number of aromatic nitrogens is 3. The van der Waals surface area contributed by atoms with Gasteiger partial charge in [0.15, 0.2) is 5.65 Å². The highest BCUT2D eigenvalue weighted by Gasteiger charge is 2.27. The molecule has 0 radical (unpaired) electrons. The molecule has 2 aromatic heterocycles. The monoisotopic (exact) mass is 353 g/mol. The molecule has 1 aromatic carbocycles. The quantitative estimate of drug-likeness (QED) is 0.782. The molecule has 0 aliphatic carbocycles. The van der Waals surface area contributed by atoms with Gasteiger partial charge >= 0.3 is 0 Å². The van der Waals surface area contributed by atoms with E-state index >= 15 is 0 Å². The smallest absolute Gasteiger partial charge is 0.254 e. The van der Waals surface area contributed by atoms with E-state index in [2.05, 4.69) is 15.0 Å². The Kier molecular flexibility index (Phi) is 4.38. The lowest BCUT2D eigenvalue weighted by Crippen LogP contribution is -2.34. The topological polar surface area (TPSA) is 76.5 Å². The van der Waals surface area contributed by atoms with Gasteiger partial charge in [0, 0.05) is 12.7 Å². The van der Waals surface area contributed by atoms with Gasteiger partial charge in [0.25, 0.3) is 5.91 Å². The summed E-state index contributed by atoms with van der Waals surface area (Å²) in [5.74, 6) is -0.758. The van der Waals surface area contributed by atoms with Gasteiger partial charge in [0.05, 0.1) is 17.9 Å². The fourth-order valence-electron chi connectivity index (χ4n) is 3.68. The van der Waals surface area contributed by atoms with Crippen molar-refractivity contribution >= 4 is 11.6 Å². The molecule has 3 aromatic rings. The molecule has 2 N–H and O–H groups in total. The second-order valence-corrected chi connectivity index (χ2v) is 6.64. The summed E-state index contributed by atoms with van der Waals surface area (Å²) in [4.78, 5) is 18.2. The number of likely N-dealkylation sites (tertiary alicyclic amines) is 1. The molecule has 1 amide bonds. The molecular weight excluding hydrogens is 333 g/mol. The Balaban J connectivity index is 1.69. The van der Waals surface area contributed by atoms with Gasteiger partial charge in [0.1, 0.15) is 11.4 Å². The lowest BCUT2D eigenvalue weighted by molar-refractivity contribution is 0.100. The zero-order valence-electron chi connectivity index (χ0n) is 14.3. The van der Waals surface area contributed by atoms with Crippen molar-refractivity contribution in [3.63, 3.8) is 0 Å². The van der Waals surface area contributed by atoms with Crippen LogP contribution in [0.1, 0.15) is 46.9 Å². The molecule has 26 heavy (non-hydrogen) atoms. The molecule has 0 unspecified atom stereocenters. The second-order valence-electron chi connectivity index (χ2n) is 6.64. The molecule has 0 bridgehead atoms. The highest BCUT2D eigenvalue weighted by molar-refractivity contribution is 5.98.